The van der Waals surface area contributed by atoms with E-state index < -0.39 is 5.54 Å². The molecule has 6 nitrogen and oxygen atoms in total. The highest BCUT2D eigenvalue weighted by Gasteiger charge is 2.33. The zero-order chi connectivity index (χ0) is 16.2. The monoisotopic (exact) mass is 309 g/mol. The first kappa shape index (κ1) is 17.2. The molecular formula is C16H27N3O3. The number of nitrogens with one attached hydrogen (secondary N) is 1. The van der Waals surface area contributed by atoms with Crippen molar-refractivity contribution in [3.8, 4) is 6.07 Å². The fourth-order valence-corrected chi connectivity index (χ4v) is 2.87. The van der Waals surface area contributed by atoms with Crippen molar-refractivity contribution in [3.05, 3.63) is 0 Å². The Morgan fingerprint density at radius 2 is 1.95 bits per heavy atom. The minimum absolute atomic E-state index is 0.0567. The molecule has 1 N–H and O–H groups in total. The molecule has 0 bridgehead atoms. The molecule has 0 spiro atoms. The molecule has 124 valence electrons. The second kappa shape index (κ2) is 7.40. The standard InChI is InChI=1S/C16H27N3O3/c1-12(2)16(3,11-17)18-14(20)10-19-6-4-13(5-7-19)15-21-8-9-22-15/h12-13,15H,4-10H2,1-3H3,(H,18,20). The van der Waals surface area contributed by atoms with Crippen molar-refractivity contribution in [3.63, 3.8) is 0 Å². The second-order valence-electron chi connectivity index (χ2n) is 6.74. The summed E-state index contributed by atoms with van der Waals surface area (Å²) in [5.41, 5.74) is -0.805. The van der Waals surface area contributed by atoms with E-state index in [1.807, 2.05) is 13.8 Å². The Morgan fingerprint density at radius 3 is 2.45 bits per heavy atom. The molecule has 6 heteroatoms. The summed E-state index contributed by atoms with van der Waals surface area (Å²) in [6.45, 7) is 9.12. The smallest absolute Gasteiger partial charge is 0.235 e. The molecule has 2 fully saturated rings. The van der Waals surface area contributed by atoms with Gasteiger partial charge in [-0.25, -0.2) is 0 Å². The number of piperidine rings is 1. The molecule has 0 radical (unpaired) electrons. The van der Waals surface area contributed by atoms with Gasteiger partial charge in [-0.1, -0.05) is 13.8 Å². The van der Waals surface area contributed by atoms with Crippen LogP contribution in [-0.4, -0.2) is 55.5 Å². The lowest BCUT2D eigenvalue weighted by Crippen LogP contribution is -2.52. The molecule has 1 unspecified atom stereocenters. The summed E-state index contributed by atoms with van der Waals surface area (Å²) in [6, 6.07) is 2.21. The first-order valence-electron chi connectivity index (χ1n) is 8.12. The van der Waals surface area contributed by atoms with Crippen molar-refractivity contribution >= 4 is 5.91 Å². The maximum Gasteiger partial charge on any atom is 0.235 e. The highest BCUT2D eigenvalue weighted by Crippen LogP contribution is 2.25. The highest BCUT2D eigenvalue weighted by molar-refractivity contribution is 5.79. The fraction of sp³-hybridized carbons (Fsp3) is 0.875. The summed E-state index contributed by atoms with van der Waals surface area (Å²) < 4.78 is 11.1. The molecule has 22 heavy (non-hydrogen) atoms. The third-order valence-electron chi connectivity index (χ3n) is 4.82. The third-order valence-corrected chi connectivity index (χ3v) is 4.82. The Morgan fingerprint density at radius 1 is 1.36 bits per heavy atom. The molecule has 1 amide bonds. The molecule has 0 aromatic carbocycles. The molecular weight excluding hydrogens is 282 g/mol. The van der Waals surface area contributed by atoms with Crippen LogP contribution < -0.4 is 5.32 Å². The lowest BCUT2D eigenvalue weighted by molar-refractivity contribution is -0.125. The van der Waals surface area contributed by atoms with E-state index in [2.05, 4.69) is 16.3 Å². The number of rotatable bonds is 5. The van der Waals surface area contributed by atoms with Crippen LogP contribution in [0.15, 0.2) is 0 Å². The highest BCUT2D eigenvalue weighted by atomic mass is 16.7. The average Bonchev–Trinajstić information content (AvgIpc) is 3.01. The van der Waals surface area contributed by atoms with Gasteiger partial charge in [-0.05, 0) is 38.8 Å². The summed E-state index contributed by atoms with van der Waals surface area (Å²) in [6.07, 6.45) is 1.91. The van der Waals surface area contributed by atoms with E-state index >= 15 is 0 Å². The molecule has 2 aliphatic rings. The lowest BCUT2D eigenvalue weighted by atomic mass is 9.90. The molecule has 1 atom stereocenters. The number of ether oxygens (including phenoxy) is 2. The van der Waals surface area contributed by atoms with Crippen LogP contribution in [0.3, 0.4) is 0 Å². The van der Waals surface area contributed by atoms with Crippen molar-refractivity contribution in [2.45, 2.75) is 45.4 Å². The van der Waals surface area contributed by atoms with Gasteiger partial charge in [-0.3, -0.25) is 9.69 Å². The van der Waals surface area contributed by atoms with Gasteiger partial charge in [0.2, 0.25) is 5.91 Å². The Bertz CT molecular complexity index is 421. The maximum atomic E-state index is 12.2. The van der Waals surface area contributed by atoms with Crippen molar-refractivity contribution in [2.75, 3.05) is 32.8 Å². The third kappa shape index (κ3) is 4.19. The first-order valence-corrected chi connectivity index (χ1v) is 8.12. The zero-order valence-corrected chi connectivity index (χ0v) is 13.8. The topological polar surface area (TPSA) is 74.6 Å². The molecule has 2 aliphatic heterocycles. The van der Waals surface area contributed by atoms with Crippen LogP contribution in [0.4, 0.5) is 0 Å². The SMILES string of the molecule is CC(C)C(C)(C#N)NC(=O)CN1CCC(C2OCCO2)CC1. The van der Waals surface area contributed by atoms with Crippen molar-refractivity contribution in [2.24, 2.45) is 11.8 Å². The van der Waals surface area contributed by atoms with Crippen molar-refractivity contribution < 1.29 is 14.3 Å². The molecule has 2 rings (SSSR count). The maximum absolute atomic E-state index is 12.2. The van der Waals surface area contributed by atoms with Gasteiger partial charge in [0.25, 0.3) is 0 Å². The number of nitriles is 1. The fourth-order valence-electron chi connectivity index (χ4n) is 2.87. The van der Waals surface area contributed by atoms with Gasteiger partial charge < -0.3 is 14.8 Å². The van der Waals surface area contributed by atoms with E-state index in [9.17, 15) is 10.1 Å². The minimum Gasteiger partial charge on any atom is -0.350 e. The predicted octanol–water partition coefficient (Wildman–Crippen LogP) is 1.13. The van der Waals surface area contributed by atoms with Gasteiger partial charge in [0.05, 0.1) is 25.8 Å². The quantitative estimate of drug-likeness (QED) is 0.824. The molecule has 0 aliphatic carbocycles. The van der Waals surface area contributed by atoms with Crippen molar-refractivity contribution in [1.29, 1.82) is 5.26 Å². The van der Waals surface area contributed by atoms with E-state index in [1.165, 1.54) is 0 Å². The summed E-state index contributed by atoms with van der Waals surface area (Å²) in [7, 11) is 0. The van der Waals surface area contributed by atoms with Crippen LogP contribution in [0.2, 0.25) is 0 Å². The van der Waals surface area contributed by atoms with Gasteiger partial charge in [0.15, 0.2) is 6.29 Å². The second-order valence-corrected chi connectivity index (χ2v) is 6.74. The average molecular weight is 309 g/mol. The summed E-state index contributed by atoms with van der Waals surface area (Å²) in [5, 5.41) is 12.1. The lowest BCUT2D eigenvalue weighted by Gasteiger charge is -2.34. The van der Waals surface area contributed by atoms with Gasteiger partial charge in [-0.2, -0.15) is 5.26 Å². The summed E-state index contributed by atoms with van der Waals surface area (Å²) in [5.74, 6) is 0.426. The number of nitrogens with zero attached hydrogens (tertiary/aromatic N) is 2. The predicted molar refractivity (Wildman–Crippen MR) is 81.9 cm³/mol. The van der Waals surface area contributed by atoms with Crippen molar-refractivity contribution in [1.82, 2.24) is 10.2 Å². The molecule has 0 aromatic rings. The molecule has 0 saturated carbocycles. The summed E-state index contributed by atoms with van der Waals surface area (Å²) in [4.78, 5) is 14.3. The number of carbonyl (C=O) groups is 1. The van der Waals surface area contributed by atoms with E-state index in [-0.39, 0.29) is 18.1 Å². The summed E-state index contributed by atoms with van der Waals surface area (Å²) >= 11 is 0. The number of likely N-dealkylation sites (tertiary alicyclic amines) is 1. The number of hydrogen-bond donors (Lipinski definition) is 1. The number of amides is 1. The van der Waals surface area contributed by atoms with E-state index in [0.29, 0.717) is 25.7 Å². The Hall–Kier alpha value is -1.16. The largest absolute Gasteiger partial charge is 0.350 e. The Kier molecular flexibility index (Phi) is 5.79. The van der Waals surface area contributed by atoms with Crippen LogP contribution in [0.25, 0.3) is 0 Å². The van der Waals surface area contributed by atoms with Crippen LogP contribution in [0.5, 0.6) is 0 Å². The number of hydrogen-bond acceptors (Lipinski definition) is 5. The van der Waals surface area contributed by atoms with Crippen LogP contribution in [0, 0.1) is 23.2 Å². The van der Waals surface area contributed by atoms with Crippen LogP contribution in [0.1, 0.15) is 33.6 Å². The minimum atomic E-state index is -0.805. The van der Waals surface area contributed by atoms with Gasteiger partial charge in [0, 0.05) is 5.92 Å². The normalized spacial score (nSPS) is 24.1. The molecule has 2 saturated heterocycles. The van der Waals surface area contributed by atoms with Gasteiger partial charge >= 0.3 is 0 Å². The van der Waals surface area contributed by atoms with Crippen LogP contribution >= 0.6 is 0 Å². The zero-order valence-electron chi connectivity index (χ0n) is 13.8. The Balaban J connectivity index is 1.76. The van der Waals surface area contributed by atoms with E-state index in [1.54, 1.807) is 6.92 Å². The van der Waals surface area contributed by atoms with E-state index in [4.69, 9.17) is 9.47 Å². The van der Waals surface area contributed by atoms with Gasteiger partial charge in [0.1, 0.15) is 5.54 Å². The Labute approximate surface area is 132 Å². The van der Waals surface area contributed by atoms with E-state index in [0.717, 1.165) is 25.9 Å². The molecule has 2 heterocycles. The first-order chi connectivity index (χ1) is 10.4. The molecule has 0 aromatic heterocycles. The van der Waals surface area contributed by atoms with Crippen LogP contribution in [-0.2, 0) is 14.3 Å². The number of carbonyl (C=O) groups excluding carboxylic acids is 1. The van der Waals surface area contributed by atoms with Gasteiger partial charge in [-0.15, -0.1) is 0 Å².